The molecule has 1 aliphatic carbocycles. The lowest BCUT2D eigenvalue weighted by atomic mass is 9.68. The Bertz CT molecular complexity index is 592. The zero-order valence-corrected chi connectivity index (χ0v) is 25.6. The first-order valence-corrected chi connectivity index (χ1v) is 16.9. The molecule has 0 radical (unpaired) electrons. The molecule has 0 bridgehead atoms. The Kier molecular flexibility index (Phi) is 16.5. The van der Waals surface area contributed by atoms with Gasteiger partial charge in [0, 0.05) is 5.54 Å². The molecule has 3 heteroatoms. The highest BCUT2D eigenvalue weighted by atomic mass is 16.4. The van der Waals surface area contributed by atoms with E-state index in [0.29, 0.717) is 5.92 Å². The molecule has 2 aliphatic rings. The lowest BCUT2D eigenvalue weighted by molar-refractivity contribution is -0.147. The van der Waals surface area contributed by atoms with E-state index in [0.717, 1.165) is 37.6 Å². The molecule has 2 fully saturated rings. The van der Waals surface area contributed by atoms with Crippen molar-refractivity contribution in [2.45, 2.75) is 174 Å². The first kappa shape index (κ1) is 32.6. The van der Waals surface area contributed by atoms with E-state index in [1.165, 1.54) is 128 Å². The molecule has 1 aliphatic heterocycles. The lowest BCUT2D eigenvalue weighted by Gasteiger charge is -2.46. The van der Waals surface area contributed by atoms with Crippen molar-refractivity contribution in [1.29, 1.82) is 0 Å². The summed E-state index contributed by atoms with van der Waals surface area (Å²) in [7, 11) is 2.22. The third-order valence-electron chi connectivity index (χ3n) is 10.4. The van der Waals surface area contributed by atoms with Crippen LogP contribution in [0.25, 0.3) is 0 Å². The van der Waals surface area contributed by atoms with Crippen LogP contribution in [0.4, 0.5) is 0 Å². The molecule has 2 rings (SSSR count). The second-order valence-electron chi connectivity index (χ2n) is 13.0. The van der Waals surface area contributed by atoms with Crippen LogP contribution in [0.15, 0.2) is 0 Å². The van der Waals surface area contributed by atoms with Crippen LogP contribution in [0, 0.1) is 23.7 Å². The fourth-order valence-corrected chi connectivity index (χ4v) is 7.90. The Hall–Kier alpha value is -0.570. The molecule has 0 spiro atoms. The number of nitrogens with zero attached hydrogens (tertiary/aromatic N) is 1. The van der Waals surface area contributed by atoms with Gasteiger partial charge in [0.25, 0.3) is 0 Å². The number of unbranched alkanes of at least 4 members (excludes halogenated alkanes) is 13. The maximum Gasteiger partial charge on any atom is 0.308 e. The van der Waals surface area contributed by atoms with E-state index in [4.69, 9.17) is 0 Å². The monoisotopic (exact) mass is 520 g/mol. The van der Waals surface area contributed by atoms with Crippen molar-refractivity contribution >= 4 is 5.97 Å². The minimum atomic E-state index is -0.547. The summed E-state index contributed by atoms with van der Waals surface area (Å²) in [5.41, 5.74) is -0.122. The Morgan fingerprint density at radius 3 is 1.84 bits per heavy atom. The van der Waals surface area contributed by atoms with Gasteiger partial charge in [-0.1, -0.05) is 143 Å². The third kappa shape index (κ3) is 10.8. The molecule has 0 aromatic heterocycles. The van der Waals surface area contributed by atoms with Crippen molar-refractivity contribution in [3.8, 4) is 0 Å². The average molecular weight is 520 g/mol. The molecule has 5 atom stereocenters. The molecule has 0 aromatic carbocycles. The summed E-state index contributed by atoms with van der Waals surface area (Å²) in [6.07, 6.45) is 30.4. The van der Waals surface area contributed by atoms with Gasteiger partial charge >= 0.3 is 5.97 Å². The standard InChI is InChI=1S/C34H65NO2/c1-5-8-10-12-15-18-22-29-28-30(29)23-19-16-13-17-21-26-34(32(33(36)37)25-27-35(34)4)31(7-3)24-20-14-11-9-6-2/h29-32H,5-28H2,1-4H3,(H,36,37). The van der Waals surface area contributed by atoms with E-state index in [-0.39, 0.29) is 11.5 Å². The van der Waals surface area contributed by atoms with Crippen LogP contribution < -0.4 is 0 Å². The molecule has 1 saturated heterocycles. The van der Waals surface area contributed by atoms with E-state index < -0.39 is 5.97 Å². The van der Waals surface area contributed by atoms with Crippen LogP contribution in [0.2, 0.25) is 0 Å². The van der Waals surface area contributed by atoms with Gasteiger partial charge in [-0.15, -0.1) is 0 Å². The highest BCUT2D eigenvalue weighted by molar-refractivity contribution is 5.72. The van der Waals surface area contributed by atoms with Crippen LogP contribution >= 0.6 is 0 Å². The van der Waals surface area contributed by atoms with Gasteiger partial charge < -0.3 is 5.11 Å². The van der Waals surface area contributed by atoms with E-state index in [2.05, 4.69) is 32.7 Å². The molecule has 3 nitrogen and oxygen atoms in total. The summed E-state index contributed by atoms with van der Waals surface area (Å²) in [5.74, 6) is 1.89. The second kappa shape index (κ2) is 18.7. The molecule has 218 valence electrons. The van der Waals surface area contributed by atoms with E-state index in [1.54, 1.807) is 0 Å². The lowest BCUT2D eigenvalue weighted by Crippen LogP contribution is -2.54. The van der Waals surface area contributed by atoms with Gasteiger partial charge in [0.05, 0.1) is 5.92 Å². The van der Waals surface area contributed by atoms with Gasteiger partial charge in [0.1, 0.15) is 0 Å². The molecule has 1 heterocycles. The van der Waals surface area contributed by atoms with Gasteiger partial charge in [-0.3, -0.25) is 9.69 Å². The number of carboxylic acids is 1. The van der Waals surface area contributed by atoms with E-state index in [9.17, 15) is 9.90 Å². The van der Waals surface area contributed by atoms with Crippen LogP contribution in [0.3, 0.4) is 0 Å². The van der Waals surface area contributed by atoms with Crippen molar-refractivity contribution in [2.75, 3.05) is 13.6 Å². The predicted octanol–water partition coefficient (Wildman–Crippen LogP) is 10.3. The van der Waals surface area contributed by atoms with Gasteiger partial charge in [0.2, 0.25) is 0 Å². The van der Waals surface area contributed by atoms with E-state index in [1.807, 2.05) is 0 Å². The Balaban J connectivity index is 1.68. The maximum atomic E-state index is 12.4. The van der Waals surface area contributed by atoms with Gasteiger partial charge in [-0.2, -0.15) is 0 Å². The highest BCUT2D eigenvalue weighted by Gasteiger charge is 2.53. The number of likely N-dealkylation sites (tertiary alicyclic amines) is 1. The number of rotatable bonds is 24. The maximum absolute atomic E-state index is 12.4. The van der Waals surface area contributed by atoms with Gasteiger partial charge in [-0.25, -0.2) is 0 Å². The van der Waals surface area contributed by atoms with E-state index >= 15 is 0 Å². The average Bonchev–Trinajstić information content (AvgIpc) is 3.55. The molecule has 37 heavy (non-hydrogen) atoms. The van der Waals surface area contributed by atoms with Crippen LogP contribution in [-0.4, -0.2) is 35.1 Å². The molecule has 0 aromatic rings. The van der Waals surface area contributed by atoms with Gasteiger partial charge in [0.15, 0.2) is 0 Å². The SMILES string of the molecule is CCCCCCCCC1CC1CCCCCCCC1(C(CC)CCCCCCC)C(C(=O)O)CCN1C. The van der Waals surface area contributed by atoms with Crippen molar-refractivity contribution in [3.05, 3.63) is 0 Å². The first-order chi connectivity index (χ1) is 18.0. The number of carboxylic acid groups (broad SMARTS) is 1. The zero-order chi connectivity index (χ0) is 26.9. The summed E-state index contributed by atoms with van der Waals surface area (Å²) in [6.45, 7) is 7.83. The molecule has 5 unspecified atom stereocenters. The molecular formula is C34H65NO2. The summed E-state index contributed by atoms with van der Waals surface area (Å²) in [6, 6.07) is 0. The first-order valence-electron chi connectivity index (χ1n) is 16.9. The second-order valence-corrected chi connectivity index (χ2v) is 13.0. The van der Waals surface area contributed by atoms with Gasteiger partial charge in [-0.05, 0) is 57.0 Å². The fraction of sp³-hybridized carbons (Fsp3) is 0.971. The zero-order valence-electron chi connectivity index (χ0n) is 25.6. The minimum Gasteiger partial charge on any atom is -0.481 e. The Morgan fingerprint density at radius 1 is 0.784 bits per heavy atom. The number of hydrogen-bond acceptors (Lipinski definition) is 2. The van der Waals surface area contributed by atoms with Crippen molar-refractivity contribution in [1.82, 2.24) is 4.90 Å². The number of hydrogen-bond donors (Lipinski definition) is 1. The van der Waals surface area contributed by atoms with Crippen molar-refractivity contribution < 1.29 is 9.90 Å². The van der Waals surface area contributed by atoms with Crippen LogP contribution in [0.5, 0.6) is 0 Å². The summed E-state index contributed by atoms with van der Waals surface area (Å²) >= 11 is 0. The highest BCUT2D eigenvalue weighted by Crippen LogP contribution is 2.48. The summed E-state index contributed by atoms with van der Waals surface area (Å²) in [5, 5.41) is 10.2. The quantitative estimate of drug-likeness (QED) is 0.129. The minimum absolute atomic E-state index is 0.122. The van der Waals surface area contributed by atoms with Crippen LogP contribution in [-0.2, 0) is 4.79 Å². The molecule has 1 N–H and O–H groups in total. The number of carbonyl (C=O) groups is 1. The topological polar surface area (TPSA) is 40.5 Å². The fourth-order valence-electron chi connectivity index (χ4n) is 7.90. The smallest absolute Gasteiger partial charge is 0.308 e. The Morgan fingerprint density at radius 2 is 1.30 bits per heavy atom. The molecule has 1 saturated carbocycles. The normalized spacial score (nSPS) is 26.5. The molecular weight excluding hydrogens is 454 g/mol. The Labute approximate surface area is 231 Å². The largest absolute Gasteiger partial charge is 0.481 e. The van der Waals surface area contributed by atoms with Crippen molar-refractivity contribution in [2.24, 2.45) is 23.7 Å². The number of aliphatic carboxylic acids is 1. The summed E-state index contributed by atoms with van der Waals surface area (Å²) in [4.78, 5) is 14.8. The third-order valence-corrected chi connectivity index (χ3v) is 10.4. The van der Waals surface area contributed by atoms with Crippen molar-refractivity contribution in [3.63, 3.8) is 0 Å². The predicted molar refractivity (Wildman–Crippen MR) is 160 cm³/mol. The molecule has 0 amide bonds. The van der Waals surface area contributed by atoms with Crippen LogP contribution in [0.1, 0.15) is 168 Å². The summed E-state index contributed by atoms with van der Waals surface area (Å²) < 4.78 is 0.